The molecule has 1 aliphatic heterocycles. The Morgan fingerprint density at radius 3 is 2.35 bits per heavy atom. The normalized spacial score (nSPS) is 14.4. The Hall–Kier alpha value is -3.21. The minimum atomic E-state index is -1.09. The Morgan fingerprint density at radius 2 is 1.78 bits per heavy atom. The number of hydrogen-bond donors (Lipinski definition) is 1. The highest BCUT2D eigenvalue weighted by Gasteiger charge is 2.20. The van der Waals surface area contributed by atoms with Crippen LogP contribution in [0.4, 0.5) is 11.6 Å². The summed E-state index contributed by atoms with van der Waals surface area (Å²) in [6.45, 7) is 2.92. The van der Waals surface area contributed by atoms with Gasteiger partial charge in [-0.1, -0.05) is 6.07 Å². The molecule has 0 bridgehead atoms. The molecule has 1 N–H and O–H groups in total. The van der Waals surface area contributed by atoms with E-state index in [-0.39, 0.29) is 5.69 Å². The van der Waals surface area contributed by atoms with Crippen molar-refractivity contribution in [3.63, 3.8) is 0 Å². The van der Waals surface area contributed by atoms with Crippen LogP contribution >= 0.6 is 0 Å². The molecule has 0 aromatic carbocycles. The standard InChI is InChI=1S/C15H14N6O2/c16-8-11-2-1-3-13(19-11)20-4-6-21(7-5-20)14-10-17-12(9-18-14)15(22)23/h1-3,9-10H,4-7H2,(H,22,23). The van der Waals surface area contributed by atoms with Crippen LogP contribution in [0.25, 0.3) is 0 Å². The molecule has 0 aliphatic carbocycles. The number of hydrogen-bond acceptors (Lipinski definition) is 7. The predicted octanol–water partition coefficient (Wildman–Crippen LogP) is 0.768. The Kier molecular flexibility index (Phi) is 4.01. The first-order valence-corrected chi connectivity index (χ1v) is 7.10. The molecular formula is C15H14N6O2. The van der Waals surface area contributed by atoms with Crippen LogP contribution in [0.15, 0.2) is 30.6 Å². The lowest BCUT2D eigenvalue weighted by molar-refractivity contribution is 0.0690. The third kappa shape index (κ3) is 3.18. The molecule has 2 aromatic rings. The van der Waals surface area contributed by atoms with Gasteiger partial charge in [-0.15, -0.1) is 0 Å². The number of nitrogens with zero attached hydrogens (tertiary/aromatic N) is 6. The van der Waals surface area contributed by atoms with Gasteiger partial charge in [0.15, 0.2) is 5.69 Å². The Morgan fingerprint density at radius 1 is 1.09 bits per heavy atom. The van der Waals surface area contributed by atoms with Crippen LogP contribution in [0.3, 0.4) is 0 Å². The van der Waals surface area contributed by atoms with Crippen molar-refractivity contribution in [2.45, 2.75) is 0 Å². The van der Waals surface area contributed by atoms with Crippen LogP contribution in [0, 0.1) is 11.3 Å². The average Bonchev–Trinajstić information content (AvgIpc) is 2.62. The summed E-state index contributed by atoms with van der Waals surface area (Å²) in [6.07, 6.45) is 2.75. The maximum absolute atomic E-state index is 10.8. The van der Waals surface area contributed by atoms with E-state index < -0.39 is 5.97 Å². The lowest BCUT2D eigenvalue weighted by Gasteiger charge is -2.35. The number of carboxylic acids is 1. The number of anilines is 2. The van der Waals surface area contributed by atoms with Gasteiger partial charge in [0.1, 0.15) is 23.4 Å². The fourth-order valence-electron chi connectivity index (χ4n) is 2.42. The highest BCUT2D eigenvalue weighted by Crippen LogP contribution is 2.17. The first-order valence-electron chi connectivity index (χ1n) is 7.10. The van der Waals surface area contributed by atoms with Crippen molar-refractivity contribution in [2.24, 2.45) is 0 Å². The fraction of sp³-hybridized carbons (Fsp3) is 0.267. The van der Waals surface area contributed by atoms with Crippen LogP contribution in [0.2, 0.25) is 0 Å². The topological polar surface area (TPSA) is 106 Å². The van der Waals surface area contributed by atoms with Crippen LogP contribution in [-0.4, -0.2) is 52.2 Å². The summed E-state index contributed by atoms with van der Waals surface area (Å²) in [4.78, 5) is 27.3. The number of rotatable bonds is 3. The summed E-state index contributed by atoms with van der Waals surface area (Å²) in [7, 11) is 0. The van der Waals surface area contributed by atoms with Crippen molar-refractivity contribution in [2.75, 3.05) is 36.0 Å². The summed E-state index contributed by atoms with van der Waals surface area (Å²) in [5, 5.41) is 17.8. The maximum atomic E-state index is 10.8. The number of aromatic nitrogens is 3. The largest absolute Gasteiger partial charge is 0.476 e. The molecule has 1 fully saturated rings. The molecule has 0 spiro atoms. The Balaban J connectivity index is 1.66. The molecule has 8 nitrogen and oxygen atoms in total. The number of pyridine rings is 1. The molecule has 0 atom stereocenters. The highest BCUT2D eigenvalue weighted by molar-refractivity contribution is 5.84. The predicted molar refractivity (Wildman–Crippen MR) is 82.4 cm³/mol. The molecule has 116 valence electrons. The lowest BCUT2D eigenvalue weighted by Crippen LogP contribution is -2.47. The summed E-state index contributed by atoms with van der Waals surface area (Å²) >= 11 is 0. The van der Waals surface area contributed by atoms with E-state index in [2.05, 4.69) is 19.9 Å². The van der Waals surface area contributed by atoms with Crippen molar-refractivity contribution in [3.8, 4) is 6.07 Å². The Labute approximate surface area is 132 Å². The van der Waals surface area contributed by atoms with E-state index in [4.69, 9.17) is 10.4 Å². The average molecular weight is 310 g/mol. The quantitative estimate of drug-likeness (QED) is 0.886. The zero-order valence-electron chi connectivity index (χ0n) is 12.3. The van der Waals surface area contributed by atoms with Gasteiger partial charge in [-0.3, -0.25) is 0 Å². The van der Waals surface area contributed by atoms with Crippen molar-refractivity contribution in [1.82, 2.24) is 15.0 Å². The maximum Gasteiger partial charge on any atom is 0.356 e. The van der Waals surface area contributed by atoms with E-state index >= 15 is 0 Å². The summed E-state index contributed by atoms with van der Waals surface area (Å²) in [5.74, 6) is 0.363. The molecule has 8 heteroatoms. The first kappa shape index (κ1) is 14.7. The van der Waals surface area contributed by atoms with Crippen molar-refractivity contribution >= 4 is 17.6 Å². The molecule has 2 aromatic heterocycles. The zero-order valence-corrected chi connectivity index (χ0v) is 12.3. The first-order chi connectivity index (χ1) is 11.2. The van der Waals surface area contributed by atoms with E-state index in [0.29, 0.717) is 11.5 Å². The zero-order chi connectivity index (χ0) is 16.2. The third-order valence-electron chi connectivity index (χ3n) is 3.63. The molecule has 0 unspecified atom stereocenters. The summed E-state index contributed by atoms with van der Waals surface area (Å²) < 4.78 is 0. The fourth-order valence-corrected chi connectivity index (χ4v) is 2.42. The second-order valence-corrected chi connectivity index (χ2v) is 5.03. The number of carboxylic acid groups (broad SMARTS) is 1. The number of aromatic carboxylic acids is 1. The van der Waals surface area contributed by atoms with Gasteiger partial charge in [-0.05, 0) is 12.1 Å². The van der Waals surface area contributed by atoms with E-state index in [1.807, 2.05) is 23.1 Å². The van der Waals surface area contributed by atoms with Gasteiger partial charge in [-0.25, -0.2) is 19.7 Å². The summed E-state index contributed by atoms with van der Waals surface area (Å²) in [6, 6.07) is 7.43. The van der Waals surface area contributed by atoms with Crippen molar-refractivity contribution < 1.29 is 9.90 Å². The van der Waals surface area contributed by atoms with Gasteiger partial charge < -0.3 is 14.9 Å². The molecular weight excluding hydrogens is 296 g/mol. The molecule has 3 rings (SSSR count). The number of carbonyl (C=O) groups is 1. The van der Waals surface area contributed by atoms with Crippen molar-refractivity contribution in [1.29, 1.82) is 5.26 Å². The van der Waals surface area contributed by atoms with Gasteiger partial charge in [0.25, 0.3) is 0 Å². The number of nitriles is 1. The van der Waals surface area contributed by atoms with Gasteiger partial charge in [-0.2, -0.15) is 5.26 Å². The van der Waals surface area contributed by atoms with E-state index in [1.54, 1.807) is 6.07 Å². The minimum Gasteiger partial charge on any atom is -0.476 e. The smallest absolute Gasteiger partial charge is 0.356 e. The van der Waals surface area contributed by atoms with Crippen molar-refractivity contribution in [3.05, 3.63) is 42.0 Å². The molecule has 0 amide bonds. The minimum absolute atomic E-state index is 0.0649. The second-order valence-electron chi connectivity index (χ2n) is 5.03. The number of piperazine rings is 1. The van der Waals surface area contributed by atoms with E-state index in [1.165, 1.54) is 12.4 Å². The molecule has 1 aliphatic rings. The molecule has 0 saturated carbocycles. The van der Waals surface area contributed by atoms with Gasteiger partial charge in [0, 0.05) is 26.2 Å². The van der Waals surface area contributed by atoms with Gasteiger partial charge in [0.05, 0.1) is 12.4 Å². The third-order valence-corrected chi connectivity index (χ3v) is 3.63. The highest BCUT2D eigenvalue weighted by atomic mass is 16.4. The van der Waals surface area contributed by atoms with Crippen LogP contribution < -0.4 is 9.80 Å². The van der Waals surface area contributed by atoms with Crippen LogP contribution in [-0.2, 0) is 0 Å². The monoisotopic (exact) mass is 310 g/mol. The lowest BCUT2D eigenvalue weighted by atomic mass is 10.3. The van der Waals surface area contributed by atoms with Gasteiger partial charge in [0.2, 0.25) is 0 Å². The summed E-state index contributed by atoms with van der Waals surface area (Å²) in [5.41, 5.74) is 0.338. The molecule has 0 radical (unpaired) electrons. The van der Waals surface area contributed by atoms with Gasteiger partial charge >= 0.3 is 5.97 Å². The van der Waals surface area contributed by atoms with Crippen LogP contribution in [0.5, 0.6) is 0 Å². The molecule has 23 heavy (non-hydrogen) atoms. The molecule has 3 heterocycles. The van der Waals surface area contributed by atoms with E-state index in [9.17, 15) is 4.79 Å². The molecule has 1 saturated heterocycles. The van der Waals surface area contributed by atoms with E-state index in [0.717, 1.165) is 32.0 Å². The SMILES string of the molecule is N#Cc1cccc(N2CCN(c3cnc(C(=O)O)cn3)CC2)n1. The van der Waals surface area contributed by atoms with Crippen LogP contribution in [0.1, 0.15) is 16.2 Å². The Bertz CT molecular complexity index is 747. The second kappa shape index (κ2) is 6.27.